The van der Waals surface area contributed by atoms with Gasteiger partial charge in [-0.1, -0.05) is 37.3 Å². The molecule has 0 bridgehead atoms. The minimum Gasteiger partial charge on any atom is -0.352 e. The van der Waals surface area contributed by atoms with E-state index in [1.807, 2.05) is 30.3 Å². The lowest BCUT2D eigenvalue weighted by molar-refractivity contribution is -0.126. The largest absolute Gasteiger partial charge is 0.352 e. The summed E-state index contributed by atoms with van der Waals surface area (Å²) in [6.45, 7) is 3.29. The Bertz CT molecular complexity index is 1150. The number of fused-ring (bicyclic) bond motifs is 1. The Kier molecular flexibility index (Phi) is 7.21. The van der Waals surface area contributed by atoms with Gasteiger partial charge in [0, 0.05) is 42.8 Å². The summed E-state index contributed by atoms with van der Waals surface area (Å²) in [4.78, 5) is 26.9. The number of anilines is 1. The number of carbonyl (C=O) groups is 2. The minimum atomic E-state index is -3.84. The van der Waals surface area contributed by atoms with E-state index in [0.717, 1.165) is 11.1 Å². The van der Waals surface area contributed by atoms with E-state index in [2.05, 4.69) is 21.2 Å². The van der Waals surface area contributed by atoms with E-state index in [9.17, 15) is 18.0 Å². The molecule has 1 saturated heterocycles. The average molecular weight is 534 g/mol. The SMILES string of the molecule is CCC(=O)N1CCc2cc(Br)c(S(=O)(=O)N3CCC[C@H](C(=O)NCc4ccccc4)C3)cc21. The Balaban J connectivity index is 1.51. The standard InChI is InChI=1S/C24H28BrN3O4S/c1-2-23(29)28-12-10-18-13-20(25)22(14-21(18)28)33(31,32)27-11-6-9-19(16-27)24(30)26-15-17-7-4-3-5-8-17/h3-5,7-8,13-14,19H,2,6,9-12,15-16H2,1H3,(H,26,30)/t19-/m0/s1. The van der Waals surface area contributed by atoms with Crippen LogP contribution in [0.5, 0.6) is 0 Å². The van der Waals surface area contributed by atoms with Crippen molar-refractivity contribution in [3.8, 4) is 0 Å². The molecule has 2 aromatic carbocycles. The van der Waals surface area contributed by atoms with E-state index in [-0.39, 0.29) is 23.3 Å². The smallest absolute Gasteiger partial charge is 0.244 e. The third kappa shape index (κ3) is 5.00. The lowest BCUT2D eigenvalue weighted by Crippen LogP contribution is -2.45. The average Bonchev–Trinajstić information content (AvgIpc) is 3.24. The summed E-state index contributed by atoms with van der Waals surface area (Å²) in [6, 6.07) is 13.0. The zero-order valence-electron chi connectivity index (χ0n) is 18.6. The van der Waals surface area contributed by atoms with Crippen LogP contribution in [0, 0.1) is 5.92 Å². The molecule has 9 heteroatoms. The number of halogens is 1. The van der Waals surface area contributed by atoms with Gasteiger partial charge in [0.25, 0.3) is 0 Å². The van der Waals surface area contributed by atoms with Crippen molar-refractivity contribution in [2.75, 3.05) is 24.5 Å². The zero-order chi connectivity index (χ0) is 23.6. The van der Waals surface area contributed by atoms with Gasteiger partial charge in [0.05, 0.1) is 10.8 Å². The van der Waals surface area contributed by atoms with Crippen LogP contribution in [-0.4, -0.2) is 44.2 Å². The highest BCUT2D eigenvalue weighted by atomic mass is 79.9. The van der Waals surface area contributed by atoms with Gasteiger partial charge in [0.2, 0.25) is 21.8 Å². The molecule has 0 aromatic heterocycles. The summed E-state index contributed by atoms with van der Waals surface area (Å²) in [5, 5.41) is 2.94. The maximum Gasteiger partial charge on any atom is 0.244 e. The highest BCUT2D eigenvalue weighted by molar-refractivity contribution is 9.10. The number of hydrogen-bond donors (Lipinski definition) is 1. The van der Waals surface area contributed by atoms with Crippen molar-refractivity contribution in [2.24, 2.45) is 5.92 Å². The van der Waals surface area contributed by atoms with Gasteiger partial charge in [-0.25, -0.2) is 8.42 Å². The van der Waals surface area contributed by atoms with Gasteiger partial charge in [-0.15, -0.1) is 0 Å². The first-order valence-electron chi connectivity index (χ1n) is 11.3. The monoisotopic (exact) mass is 533 g/mol. The Hall–Kier alpha value is -2.23. The molecule has 2 aliphatic heterocycles. The molecule has 2 aromatic rings. The Morgan fingerprint density at radius 1 is 1.15 bits per heavy atom. The van der Waals surface area contributed by atoms with Gasteiger partial charge < -0.3 is 10.2 Å². The van der Waals surface area contributed by atoms with E-state index in [4.69, 9.17) is 0 Å². The number of hydrogen-bond acceptors (Lipinski definition) is 4. The van der Waals surface area contributed by atoms with Gasteiger partial charge in [-0.2, -0.15) is 4.31 Å². The number of piperidine rings is 1. The van der Waals surface area contributed by atoms with Crippen LogP contribution in [0.15, 0.2) is 51.8 Å². The molecule has 1 fully saturated rings. The number of carbonyl (C=O) groups excluding carboxylic acids is 2. The summed E-state index contributed by atoms with van der Waals surface area (Å²) in [5.74, 6) is -0.553. The number of benzene rings is 2. The minimum absolute atomic E-state index is 0.0208. The van der Waals surface area contributed by atoms with E-state index >= 15 is 0 Å². The lowest BCUT2D eigenvalue weighted by atomic mass is 9.99. The first-order chi connectivity index (χ1) is 15.8. The topological polar surface area (TPSA) is 86.8 Å². The molecule has 0 unspecified atom stereocenters. The third-order valence-corrected chi connectivity index (χ3v) is 9.14. The molecule has 176 valence electrons. The van der Waals surface area contributed by atoms with Crippen molar-refractivity contribution < 1.29 is 18.0 Å². The second kappa shape index (κ2) is 9.95. The molecular formula is C24H28BrN3O4S. The Morgan fingerprint density at radius 3 is 2.64 bits per heavy atom. The summed E-state index contributed by atoms with van der Waals surface area (Å²) in [5.41, 5.74) is 2.62. The lowest BCUT2D eigenvalue weighted by Gasteiger charge is -2.31. The van der Waals surface area contributed by atoms with Crippen LogP contribution in [-0.2, 0) is 32.6 Å². The summed E-state index contributed by atoms with van der Waals surface area (Å²) in [6.07, 6.45) is 2.33. The molecule has 1 atom stereocenters. The maximum atomic E-state index is 13.6. The van der Waals surface area contributed by atoms with Gasteiger partial charge in [0.15, 0.2) is 0 Å². The molecule has 0 radical (unpaired) electrons. The quantitative estimate of drug-likeness (QED) is 0.615. The maximum absolute atomic E-state index is 13.6. The Labute approximate surface area is 203 Å². The van der Waals surface area contributed by atoms with E-state index in [1.165, 1.54) is 4.31 Å². The first-order valence-corrected chi connectivity index (χ1v) is 13.5. The van der Waals surface area contributed by atoms with Crippen LogP contribution in [0.4, 0.5) is 5.69 Å². The van der Waals surface area contributed by atoms with Crippen LogP contribution in [0.2, 0.25) is 0 Å². The normalized spacial score (nSPS) is 18.7. The molecule has 2 aliphatic rings. The van der Waals surface area contributed by atoms with Crippen LogP contribution in [0.3, 0.4) is 0 Å². The van der Waals surface area contributed by atoms with Crippen LogP contribution in [0.25, 0.3) is 0 Å². The highest BCUT2D eigenvalue weighted by Crippen LogP contribution is 2.37. The highest BCUT2D eigenvalue weighted by Gasteiger charge is 2.36. The molecule has 2 amide bonds. The summed E-state index contributed by atoms with van der Waals surface area (Å²) in [7, 11) is -3.84. The predicted molar refractivity (Wildman–Crippen MR) is 130 cm³/mol. The first kappa shape index (κ1) is 23.9. The van der Waals surface area contributed by atoms with Crippen LogP contribution >= 0.6 is 15.9 Å². The van der Waals surface area contributed by atoms with Crippen molar-refractivity contribution in [3.05, 3.63) is 58.1 Å². The molecular weight excluding hydrogens is 506 g/mol. The molecule has 0 aliphatic carbocycles. The Morgan fingerprint density at radius 2 is 1.91 bits per heavy atom. The second-order valence-electron chi connectivity index (χ2n) is 8.47. The second-order valence-corrected chi connectivity index (χ2v) is 11.2. The molecule has 0 saturated carbocycles. The number of amides is 2. The fourth-order valence-electron chi connectivity index (χ4n) is 4.48. The van der Waals surface area contributed by atoms with Gasteiger partial charge >= 0.3 is 0 Å². The molecule has 1 N–H and O–H groups in total. The third-order valence-electron chi connectivity index (χ3n) is 6.31. The van der Waals surface area contributed by atoms with Crippen molar-refractivity contribution in [1.82, 2.24) is 9.62 Å². The number of sulfonamides is 1. The molecule has 0 spiro atoms. The van der Waals surface area contributed by atoms with Gasteiger partial charge in [-0.05, 0) is 58.5 Å². The van der Waals surface area contributed by atoms with Crippen molar-refractivity contribution in [2.45, 2.75) is 44.0 Å². The number of nitrogens with one attached hydrogen (secondary N) is 1. The van der Waals surface area contributed by atoms with Gasteiger partial charge in [0.1, 0.15) is 0 Å². The fourth-order valence-corrected chi connectivity index (χ4v) is 7.07. The van der Waals surface area contributed by atoms with Crippen molar-refractivity contribution >= 4 is 43.5 Å². The van der Waals surface area contributed by atoms with E-state index < -0.39 is 15.9 Å². The van der Waals surface area contributed by atoms with Crippen LogP contribution in [0.1, 0.15) is 37.3 Å². The van der Waals surface area contributed by atoms with Crippen molar-refractivity contribution in [3.63, 3.8) is 0 Å². The zero-order valence-corrected chi connectivity index (χ0v) is 21.0. The molecule has 7 nitrogen and oxygen atoms in total. The van der Waals surface area contributed by atoms with E-state index in [0.29, 0.717) is 55.5 Å². The van der Waals surface area contributed by atoms with Gasteiger partial charge in [-0.3, -0.25) is 9.59 Å². The fraction of sp³-hybridized carbons (Fsp3) is 0.417. The molecule has 2 heterocycles. The van der Waals surface area contributed by atoms with Crippen LogP contribution < -0.4 is 10.2 Å². The predicted octanol–water partition coefficient (Wildman–Crippen LogP) is 3.47. The van der Waals surface area contributed by atoms with Crippen molar-refractivity contribution in [1.29, 1.82) is 0 Å². The number of rotatable bonds is 6. The summed E-state index contributed by atoms with van der Waals surface area (Å²) < 4.78 is 29.0. The number of nitrogens with zero attached hydrogens (tertiary/aromatic N) is 2. The molecule has 4 rings (SSSR count). The van der Waals surface area contributed by atoms with E-state index in [1.54, 1.807) is 24.0 Å². The molecule has 33 heavy (non-hydrogen) atoms. The summed E-state index contributed by atoms with van der Waals surface area (Å²) >= 11 is 3.43.